The van der Waals surface area contributed by atoms with Gasteiger partial charge in [0.2, 0.25) is 0 Å². The van der Waals surface area contributed by atoms with Crippen LogP contribution in [0.15, 0.2) is 18.3 Å². The highest BCUT2D eigenvalue weighted by Crippen LogP contribution is 2.39. The number of pyridine rings is 1. The molecule has 1 aliphatic heterocycles. The lowest BCUT2D eigenvalue weighted by atomic mass is 9.77. The standard InChI is InChI=1S/C17H25N3O3/c1-19(2)15-6-11-9-20(10-12(11)7-16(15)23-3)17(22)14-5-4-13(21)8-18-14/h4-5,8,11-12,15-16,21H,6-7,9-10H2,1-3H3/t11-,12+,15-,16-/m1/s1. The number of amides is 1. The van der Waals surface area contributed by atoms with Crippen LogP contribution in [0, 0.1) is 11.8 Å². The zero-order valence-corrected chi connectivity index (χ0v) is 14.0. The summed E-state index contributed by atoms with van der Waals surface area (Å²) in [5.74, 6) is 1.05. The lowest BCUT2D eigenvalue weighted by molar-refractivity contribution is -0.0209. The van der Waals surface area contributed by atoms with E-state index in [4.69, 9.17) is 4.74 Å². The fraction of sp³-hybridized carbons (Fsp3) is 0.647. The van der Waals surface area contributed by atoms with E-state index in [1.807, 2.05) is 4.90 Å². The third kappa shape index (κ3) is 3.19. The topological polar surface area (TPSA) is 65.9 Å². The first-order valence-electron chi connectivity index (χ1n) is 8.13. The van der Waals surface area contributed by atoms with Gasteiger partial charge in [-0.1, -0.05) is 0 Å². The van der Waals surface area contributed by atoms with Crippen molar-refractivity contribution in [2.45, 2.75) is 25.0 Å². The summed E-state index contributed by atoms with van der Waals surface area (Å²) in [6.45, 7) is 1.55. The van der Waals surface area contributed by atoms with Crippen molar-refractivity contribution in [3.8, 4) is 5.75 Å². The average Bonchev–Trinajstić information content (AvgIpc) is 2.96. The fourth-order valence-electron chi connectivity index (χ4n) is 4.03. The van der Waals surface area contributed by atoms with E-state index in [0.717, 1.165) is 25.9 Å². The summed E-state index contributed by atoms with van der Waals surface area (Å²) in [5, 5.41) is 9.30. The van der Waals surface area contributed by atoms with Crippen molar-refractivity contribution in [1.82, 2.24) is 14.8 Å². The molecule has 126 valence electrons. The fourth-order valence-corrected chi connectivity index (χ4v) is 4.03. The summed E-state index contributed by atoms with van der Waals surface area (Å²) in [6, 6.07) is 3.50. The molecular formula is C17H25N3O3. The molecule has 0 aromatic carbocycles. The Kier molecular flexibility index (Phi) is 4.55. The van der Waals surface area contributed by atoms with Crippen LogP contribution in [-0.2, 0) is 4.74 Å². The van der Waals surface area contributed by atoms with Gasteiger partial charge < -0.3 is 19.6 Å². The number of fused-ring (bicyclic) bond motifs is 1. The molecule has 1 saturated carbocycles. The Morgan fingerprint density at radius 3 is 2.57 bits per heavy atom. The molecule has 1 saturated heterocycles. The maximum absolute atomic E-state index is 12.6. The number of likely N-dealkylation sites (tertiary alicyclic amines) is 1. The second-order valence-electron chi connectivity index (χ2n) is 6.91. The Balaban J connectivity index is 1.70. The molecule has 23 heavy (non-hydrogen) atoms. The van der Waals surface area contributed by atoms with Gasteiger partial charge >= 0.3 is 0 Å². The number of hydrogen-bond donors (Lipinski definition) is 1. The van der Waals surface area contributed by atoms with E-state index in [1.54, 1.807) is 13.2 Å². The lowest BCUT2D eigenvalue weighted by Crippen LogP contribution is -2.47. The summed E-state index contributed by atoms with van der Waals surface area (Å²) in [4.78, 5) is 20.8. The minimum absolute atomic E-state index is 0.0465. The molecule has 1 aromatic rings. The zero-order valence-electron chi connectivity index (χ0n) is 14.0. The van der Waals surface area contributed by atoms with Gasteiger partial charge in [-0.05, 0) is 50.9 Å². The Bertz CT molecular complexity index is 561. The van der Waals surface area contributed by atoms with Crippen LogP contribution in [0.3, 0.4) is 0 Å². The molecule has 6 heteroatoms. The predicted molar refractivity (Wildman–Crippen MR) is 86.3 cm³/mol. The Hall–Kier alpha value is -1.66. The maximum Gasteiger partial charge on any atom is 0.272 e. The summed E-state index contributed by atoms with van der Waals surface area (Å²) < 4.78 is 5.68. The third-order valence-corrected chi connectivity index (χ3v) is 5.31. The normalized spacial score (nSPS) is 30.5. The van der Waals surface area contributed by atoms with E-state index in [9.17, 15) is 9.90 Å². The summed E-state index contributed by atoms with van der Waals surface area (Å²) in [5.41, 5.74) is 0.397. The quantitative estimate of drug-likeness (QED) is 0.907. The number of carbonyl (C=O) groups is 1. The molecule has 2 fully saturated rings. The van der Waals surface area contributed by atoms with Crippen molar-refractivity contribution < 1.29 is 14.6 Å². The van der Waals surface area contributed by atoms with Gasteiger partial charge in [0.25, 0.3) is 5.91 Å². The predicted octanol–water partition coefficient (Wildman–Crippen LogP) is 1.21. The average molecular weight is 319 g/mol. The van der Waals surface area contributed by atoms with Gasteiger partial charge in [0.05, 0.1) is 12.3 Å². The largest absolute Gasteiger partial charge is 0.506 e. The molecule has 0 unspecified atom stereocenters. The first kappa shape index (κ1) is 16.2. The second kappa shape index (κ2) is 6.45. The van der Waals surface area contributed by atoms with Crippen LogP contribution < -0.4 is 0 Å². The van der Waals surface area contributed by atoms with E-state index in [0.29, 0.717) is 23.6 Å². The van der Waals surface area contributed by atoms with E-state index in [1.165, 1.54) is 12.3 Å². The smallest absolute Gasteiger partial charge is 0.272 e. The van der Waals surface area contributed by atoms with Crippen molar-refractivity contribution >= 4 is 5.91 Å². The van der Waals surface area contributed by atoms with Gasteiger partial charge in [-0.2, -0.15) is 0 Å². The number of ether oxygens (including phenoxy) is 1. The van der Waals surface area contributed by atoms with Gasteiger partial charge in [0.15, 0.2) is 0 Å². The Morgan fingerprint density at radius 2 is 2.00 bits per heavy atom. The van der Waals surface area contributed by atoms with Gasteiger partial charge in [0, 0.05) is 26.2 Å². The first-order valence-corrected chi connectivity index (χ1v) is 8.13. The van der Waals surface area contributed by atoms with Gasteiger partial charge in [-0.25, -0.2) is 4.98 Å². The molecule has 1 N–H and O–H groups in total. The summed E-state index contributed by atoms with van der Waals surface area (Å²) in [6.07, 6.45) is 3.60. The Morgan fingerprint density at radius 1 is 1.30 bits per heavy atom. The van der Waals surface area contributed by atoms with Crippen LogP contribution >= 0.6 is 0 Å². The van der Waals surface area contributed by atoms with Crippen LogP contribution in [0.25, 0.3) is 0 Å². The summed E-state index contributed by atoms with van der Waals surface area (Å²) in [7, 11) is 5.96. The molecule has 4 atom stereocenters. The number of aromatic nitrogens is 1. The lowest BCUT2D eigenvalue weighted by Gasteiger charge is -2.40. The minimum Gasteiger partial charge on any atom is -0.506 e. The number of hydrogen-bond acceptors (Lipinski definition) is 5. The monoisotopic (exact) mass is 319 g/mol. The highest BCUT2D eigenvalue weighted by Gasteiger charge is 2.44. The van der Waals surface area contributed by atoms with Crippen LogP contribution in [0.4, 0.5) is 0 Å². The van der Waals surface area contributed by atoms with Crippen molar-refractivity contribution in [1.29, 1.82) is 0 Å². The van der Waals surface area contributed by atoms with Crippen LogP contribution in [0.1, 0.15) is 23.3 Å². The molecule has 1 aliphatic carbocycles. The van der Waals surface area contributed by atoms with Crippen molar-refractivity contribution in [3.05, 3.63) is 24.0 Å². The highest BCUT2D eigenvalue weighted by molar-refractivity contribution is 5.92. The molecule has 3 rings (SSSR count). The van der Waals surface area contributed by atoms with E-state index in [-0.39, 0.29) is 17.8 Å². The minimum atomic E-state index is -0.0465. The number of likely N-dealkylation sites (N-methyl/N-ethyl adjacent to an activating group) is 1. The van der Waals surface area contributed by atoms with Crippen LogP contribution in [0.2, 0.25) is 0 Å². The third-order valence-electron chi connectivity index (χ3n) is 5.31. The molecule has 0 spiro atoms. The number of methoxy groups -OCH3 is 1. The number of rotatable bonds is 3. The SMILES string of the molecule is CO[C@@H]1C[C@H]2CN(C(=O)c3ccc(O)cn3)C[C@H]2C[C@H]1N(C)C. The number of aromatic hydroxyl groups is 1. The molecule has 6 nitrogen and oxygen atoms in total. The van der Waals surface area contributed by atoms with Crippen molar-refractivity contribution in [2.75, 3.05) is 34.3 Å². The van der Waals surface area contributed by atoms with E-state index < -0.39 is 0 Å². The van der Waals surface area contributed by atoms with Crippen LogP contribution in [0.5, 0.6) is 5.75 Å². The molecular weight excluding hydrogens is 294 g/mol. The first-order chi connectivity index (χ1) is 11.0. The molecule has 2 heterocycles. The summed E-state index contributed by atoms with van der Waals surface area (Å²) >= 11 is 0. The molecule has 0 bridgehead atoms. The van der Waals surface area contributed by atoms with Crippen molar-refractivity contribution in [2.24, 2.45) is 11.8 Å². The molecule has 0 radical (unpaired) electrons. The van der Waals surface area contributed by atoms with E-state index in [2.05, 4.69) is 24.0 Å². The maximum atomic E-state index is 12.6. The van der Waals surface area contributed by atoms with Gasteiger partial charge in [0.1, 0.15) is 11.4 Å². The van der Waals surface area contributed by atoms with Gasteiger partial charge in [-0.3, -0.25) is 4.79 Å². The number of carbonyl (C=O) groups excluding carboxylic acids is 1. The van der Waals surface area contributed by atoms with E-state index >= 15 is 0 Å². The molecule has 2 aliphatic rings. The van der Waals surface area contributed by atoms with Gasteiger partial charge in [-0.15, -0.1) is 0 Å². The second-order valence-corrected chi connectivity index (χ2v) is 6.91. The van der Waals surface area contributed by atoms with Crippen LogP contribution in [-0.4, -0.2) is 72.2 Å². The highest BCUT2D eigenvalue weighted by atomic mass is 16.5. The zero-order chi connectivity index (χ0) is 16.6. The molecule has 1 aromatic heterocycles. The van der Waals surface area contributed by atoms with Crippen molar-refractivity contribution in [3.63, 3.8) is 0 Å². The Labute approximate surface area is 137 Å². The number of nitrogens with zero attached hydrogens (tertiary/aromatic N) is 3. The molecule has 1 amide bonds.